The van der Waals surface area contributed by atoms with Gasteiger partial charge in [0.05, 0.1) is 28.9 Å². The molecule has 0 radical (unpaired) electrons. The Hall–Kier alpha value is 0.894. The van der Waals surface area contributed by atoms with E-state index in [2.05, 4.69) is 9.05 Å². The van der Waals surface area contributed by atoms with Crippen LogP contribution >= 0.6 is 15.6 Å². The Kier molecular flexibility index (Phi) is 23.6. The fourth-order valence-corrected chi connectivity index (χ4v) is 1.35. The van der Waals surface area contributed by atoms with Crippen molar-refractivity contribution in [1.82, 2.24) is 0 Å². The second kappa shape index (κ2) is 16.3. The maximum absolute atomic E-state index is 9.76. The largest absolute Gasteiger partial charge is 4.00 e. The van der Waals surface area contributed by atoms with Crippen molar-refractivity contribution in [1.29, 1.82) is 0 Å². The topological polar surface area (TPSA) is 176 Å². The molecule has 0 fully saturated rings. The summed E-state index contributed by atoms with van der Waals surface area (Å²) in [5, 5.41) is 0. The molecule has 0 bridgehead atoms. The van der Waals surface area contributed by atoms with Gasteiger partial charge in [0.15, 0.2) is 0 Å². The maximum Gasteiger partial charge on any atom is 4.00 e. The van der Waals surface area contributed by atoms with Crippen LogP contribution in [-0.2, 0) is 39.9 Å². The van der Waals surface area contributed by atoms with E-state index < -0.39 is 15.6 Å². The van der Waals surface area contributed by atoms with E-state index >= 15 is 0 Å². The number of phosphoric acid groups is 2. The van der Waals surface area contributed by atoms with Gasteiger partial charge in [0.2, 0.25) is 0 Å². The van der Waals surface area contributed by atoms with Gasteiger partial charge in [-0.1, -0.05) is 26.7 Å². The van der Waals surface area contributed by atoms with Crippen molar-refractivity contribution >= 4 is 15.6 Å². The Bertz CT molecular complexity index is 249. The summed E-state index contributed by atoms with van der Waals surface area (Å²) in [6.45, 7) is 3.79. The number of hydrogen-bond donors (Lipinski definition) is 0. The van der Waals surface area contributed by atoms with E-state index in [4.69, 9.17) is 0 Å². The van der Waals surface area contributed by atoms with Crippen molar-refractivity contribution in [2.45, 2.75) is 39.5 Å². The average molecular weight is 370 g/mol. The third-order valence-corrected chi connectivity index (χ3v) is 2.49. The van der Waals surface area contributed by atoms with Gasteiger partial charge in [-0.2, -0.15) is 0 Å². The summed E-state index contributed by atoms with van der Waals surface area (Å²) in [5.74, 6) is 0. The zero-order valence-corrected chi connectivity index (χ0v) is 14.8. The van der Waals surface area contributed by atoms with Crippen LogP contribution in [0.2, 0.25) is 0 Å². The molecule has 0 saturated carbocycles. The van der Waals surface area contributed by atoms with Gasteiger partial charge in [0.25, 0.3) is 0 Å². The molecule has 120 valence electrons. The van der Waals surface area contributed by atoms with E-state index in [-0.39, 0.29) is 40.4 Å². The minimum atomic E-state index is -4.70. The van der Waals surface area contributed by atoms with Crippen molar-refractivity contribution in [3.05, 3.63) is 0 Å². The molecule has 0 aliphatic rings. The van der Waals surface area contributed by atoms with Crippen LogP contribution < -0.4 is 19.6 Å². The second-order valence-corrected chi connectivity index (χ2v) is 5.57. The molecule has 0 amide bonds. The molecule has 0 unspecified atom stereocenters. The number of unbranched alkanes of at least 4 members (excludes halogenated alkanes) is 2. The molecular weight excluding hydrogens is 350 g/mol. The molecule has 9 nitrogen and oxygen atoms in total. The summed E-state index contributed by atoms with van der Waals surface area (Å²) in [6, 6.07) is 0. The number of hydrogen-bond acceptors (Lipinski definition) is 8. The monoisotopic (exact) mass is 370 g/mol. The van der Waals surface area contributed by atoms with Crippen molar-refractivity contribution < 1.29 is 64.9 Å². The van der Waals surface area contributed by atoms with Gasteiger partial charge in [-0.25, -0.2) is 0 Å². The van der Waals surface area contributed by atoms with Crippen LogP contribution in [0.4, 0.5) is 0 Å². The summed E-state index contributed by atoms with van der Waals surface area (Å²) in [5.41, 5.74) is 0. The van der Waals surface area contributed by atoms with Gasteiger partial charge in [-0.15, -0.1) is 0 Å². The third-order valence-electron chi connectivity index (χ3n) is 1.49. The predicted molar refractivity (Wildman–Crippen MR) is 60.5 cm³/mol. The van der Waals surface area contributed by atoms with Crippen LogP contribution in [0, 0.1) is 0 Å². The molecule has 0 atom stereocenters. The Morgan fingerprint density at radius 1 is 0.800 bits per heavy atom. The van der Waals surface area contributed by atoms with E-state index in [1.165, 1.54) is 0 Å². The quantitative estimate of drug-likeness (QED) is 0.280. The number of phosphoric ester groups is 2. The van der Waals surface area contributed by atoms with Gasteiger partial charge in [0.1, 0.15) is 0 Å². The Labute approximate surface area is 133 Å². The van der Waals surface area contributed by atoms with Gasteiger partial charge >= 0.3 is 21.7 Å². The summed E-state index contributed by atoms with van der Waals surface area (Å²) in [4.78, 5) is 39.0. The number of rotatable bonds is 8. The first-order valence-electron chi connectivity index (χ1n) is 5.45. The van der Waals surface area contributed by atoms with Crippen LogP contribution in [0.25, 0.3) is 0 Å². The van der Waals surface area contributed by atoms with Gasteiger partial charge < -0.3 is 43.2 Å². The molecule has 0 aromatic heterocycles. The summed E-state index contributed by atoms with van der Waals surface area (Å²) in [7, 11) is -9.39. The zero-order chi connectivity index (χ0) is 14.7. The first-order valence-corrected chi connectivity index (χ1v) is 8.37. The SMILES string of the molecule is CCCCOP(=O)([O-])[O-].CCCCOP(=O)([O-])[O-].O.[Ti+4]. The van der Waals surface area contributed by atoms with Crippen LogP contribution in [0.3, 0.4) is 0 Å². The smallest absolute Gasteiger partial charge is 0.790 e. The van der Waals surface area contributed by atoms with Gasteiger partial charge in [0, 0.05) is 0 Å². The minimum Gasteiger partial charge on any atom is -0.790 e. The van der Waals surface area contributed by atoms with E-state index in [0.717, 1.165) is 12.8 Å². The molecule has 0 heterocycles. The second-order valence-electron chi connectivity index (χ2n) is 3.27. The molecular formula is C8H20O9P2Ti. The summed E-state index contributed by atoms with van der Waals surface area (Å²) in [6.07, 6.45) is 2.85. The Morgan fingerprint density at radius 3 is 1.20 bits per heavy atom. The molecule has 2 N–H and O–H groups in total. The van der Waals surface area contributed by atoms with E-state index in [1.54, 1.807) is 0 Å². The van der Waals surface area contributed by atoms with Crippen molar-refractivity contribution in [2.24, 2.45) is 0 Å². The van der Waals surface area contributed by atoms with Crippen LogP contribution in [0.1, 0.15) is 39.5 Å². The molecule has 0 aromatic carbocycles. The minimum absolute atomic E-state index is 0. The van der Waals surface area contributed by atoms with E-state index in [9.17, 15) is 28.7 Å². The van der Waals surface area contributed by atoms with Gasteiger partial charge in [-0.3, -0.25) is 0 Å². The van der Waals surface area contributed by atoms with Crippen LogP contribution in [0.15, 0.2) is 0 Å². The molecule has 0 aliphatic carbocycles. The molecule has 0 saturated heterocycles. The fraction of sp³-hybridized carbons (Fsp3) is 1.00. The van der Waals surface area contributed by atoms with Gasteiger partial charge in [-0.05, 0) is 12.8 Å². The van der Waals surface area contributed by atoms with E-state index in [0.29, 0.717) is 12.8 Å². The van der Waals surface area contributed by atoms with Crippen LogP contribution in [-0.4, -0.2) is 18.7 Å². The average Bonchev–Trinajstić information content (AvgIpc) is 2.16. The molecule has 0 aromatic rings. The zero-order valence-electron chi connectivity index (χ0n) is 11.4. The third kappa shape index (κ3) is 36.4. The molecule has 0 spiro atoms. The van der Waals surface area contributed by atoms with Crippen molar-refractivity contribution in [2.75, 3.05) is 13.2 Å². The molecule has 0 rings (SSSR count). The Morgan fingerprint density at radius 2 is 1.05 bits per heavy atom. The predicted octanol–water partition coefficient (Wildman–Crippen LogP) is -1.56. The van der Waals surface area contributed by atoms with Crippen molar-refractivity contribution in [3.8, 4) is 0 Å². The normalized spacial score (nSPS) is 10.7. The fourth-order valence-electron chi connectivity index (χ4n) is 0.641. The molecule has 0 aliphatic heterocycles. The van der Waals surface area contributed by atoms with Crippen molar-refractivity contribution in [3.63, 3.8) is 0 Å². The molecule has 20 heavy (non-hydrogen) atoms. The summed E-state index contributed by atoms with van der Waals surface area (Å²) < 4.78 is 27.3. The van der Waals surface area contributed by atoms with Crippen LogP contribution in [0.5, 0.6) is 0 Å². The van der Waals surface area contributed by atoms with E-state index in [1.807, 2.05) is 13.8 Å². The maximum atomic E-state index is 9.76. The standard InChI is InChI=1S/2C4H11O4P.H2O.Ti/c2*1-2-3-4-8-9(5,6)7;;/h2*2-4H2,1H3,(H2,5,6,7);1H2;/q;;;+4/p-4. The Balaban J connectivity index is -0.000000116. The first-order chi connectivity index (χ1) is 8.12. The summed E-state index contributed by atoms with van der Waals surface area (Å²) >= 11 is 0. The molecule has 12 heteroatoms. The first kappa shape index (κ1) is 29.0.